The summed E-state index contributed by atoms with van der Waals surface area (Å²) >= 11 is 3.66. The second kappa shape index (κ2) is 10.1. The van der Waals surface area contributed by atoms with Crippen LogP contribution in [-0.4, -0.2) is 25.9 Å². The van der Waals surface area contributed by atoms with E-state index in [4.69, 9.17) is 19.2 Å². The van der Waals surface area contributed by atoms with Crippen molar-refractivity contribution in [2.75, 3.05) is 21.3 Å². The van der Waals surface area contributed by atoms with Crippen LogP contribution in [0.4, 0.5) is 0 Å². The predicted molar refractivity (Wildman–Crippen MR) is 158 cm³/mol. The molecule has 0 fully saturated rings. The molecule has 0 N–H and O–H groups in total. The summed E-state index contributed by atoms with van der Waals surface area (Å²) in [5, 5.41) is 0. The van der Waals surface area contributed by atoms with Crippen LogP contribution >= 0.6 is 33.9 Å². The van der Waals surface area contributed by atoms with E-state index in [2.05, 4.69) is 40.8 Å². The molecule has 1 aromatic heterocycles. The molecule has 3 aromatic carbocycles. The molecule has 0 spiro atoms. The van der Waals surface area contributed by atoms with Gasteiger partial charge in [0.25, 0.3) is 5.56 Å². The van der Waals surface area contributed by atoms with Crippen LogP contribution in [0.3, 0.4) is 0 Å². The number of methoxy groups -OCH3 is 3. The van der Waals surface area contributed by atoms with Gasteiger partial charge in [-0.1, -0.05) is 53.8 Å². The first-order valence-electron chi connectivity index (χ1n) is 12.2. The van der Waals surface area contributed by atoms with Crippen LogP contribution in [0.15, 0.2) is 76.0 Å². The molecule has 6 rings (SSSR count). The largest absolute Gasteiger partial charge is 0.496 e. The van der Waals surface area contributed by atoms with Crippen LogP contribution < -0.4 is 29.1 Å². The van der Waals surface area contributed by atoms with Gasteiger partial charge in [0, 0.05) is 11.1 Å². The number of hydrogen-bond acceptors (Lipinski definition) is 6. The summed E-state index contributed by atoms with van der Waals surface area (Å²) in [6, 6.07) is 19.8. The van der Waals surface area contributed by atoms with Crippen molar-refractivity contribution in [3.63, 3.8) is 0 Å². The fourth-order valence-corrected chi connectivity index (χ4v) is 7.11. The van der Waals surface area contributed by atoms with Crippen LogP contribution in [0.2, 0.25) is 0 Å². The highest BCUT2D eigenvalue weighted by Gasteiger charge is 2.34. The molecule has 6 nitrogen and oxygen atoms in total. The monoisotopic (exact) mass is 636 g/mol. The van der Waals surface area contributed by atoms with E-state index in [1.165, 1.54) is 16.9 Å². The van der Waals surface area contributed by atoms with Crippen molar-refractivity contribution in [3.8, 4) is 17.2 Å². The smallest absolute Gasteiger partial charge is 0.271 e. The van der Waals surface area contributed by atoms with Gasteiger partial charge in [-0.3, -0.25) is 9.36 Å². The molecule has 4 aromatic rings. The van der Waals surface area contributed by atoms with Gasteiger partial charge in [0.1, 0.15) is 5.75 Å². The lowest BCUT2D eigenvalue weighted by molar-refractivity contribution is 0.348. The zero-order valence-electron chi connectivity index (χ0n) is 21.2. The van der Waals surface area contributed by atoms with Gasteiger partial charge in [0.2, 0.25) is 0 Å². The fraction of sp³-hybridized carbons (Fsp3) is 0.200. The van der Waals surface area contributed by atoms with E-state index in [-0.39, 0.29) is 11.6 Å². The number of thiazole rings is 1. The minimum atomic E-state index is -0.349. The Labute approximate surface area is 237 Å². The number of aryl methyl sites for hydroxylation is 1. The molecule has 1 atom stereocenters. The average molecular weight is 637 g/mol. The van der Waals surface area contributed by atoms with E-state index >= 15 is 0 Å². The number of rotatable bonds is 5. The number of fused-ring (bicyclic) bond motifs is 3. The molecule has 2 aliphatic rings. The number of hydrogen-bond donors (Lipinski definition) is 0. The van der Waals surface area contributed by atoms with Gasteiger partial charge in [-0.05, 0) is 76.4 Å². The van der Waals surface area contributed by atoms with Gasteiger partial charge < -0.3 is 14.2 Å². The molecule has 0 radical (unpaired) electrons. The first-order chi connectivity index (χ1) is 18.5. The predicted octanol–water partition coefficient (Wildman–Crippen LogP) is 4.95. The third-order valence-corrected chi connectivity index (χ3v) is 8.90. The zero-order valence-corrected chi connectivity index (χ0v) is 24.1. The SMILES string of the molecule is COc1ccc(C=c2sc3n(c2=O)C(c2cccc(OC)c2OC)C2=C(N=3)c3ccccc3CC2)cc1I. The van der Waals surface area contributed by atoms with Crippen LogP contribution in [0.1, 0.15) is 34.7 Å². The maximum atomic E-state index is 14.0. The molecule has 0 saturated carbocycles. The summed E-state index contributed by atoms with van der Waals surface area (Å²) < 4.78 is 20.3. The van der Waals surface area contributed by atoms with Crippen LogP contribution in [-0.2, 0) is 6.42 Å². The maximum absolute atomic E-state index is 14.0. The number of halogens is 1. The number of aromatic nitrogens is 1. The second-order valence-corrected chi connectivity index (χ2v) is 11.3. The van der Waals surface area contributed by atoms with Crippen LogP contribution in [0.25, 0.3) is 11.8 Å². The van der Waals surface area contributed by atoms with Crippen LogP contribution in [0.5, 0.6) is 17.2 Å². The van der Waals surface area contributed by atoms with Crippen molar-refractivity contribution in [1.29, 1.82) is 0 Å². The highest BCUT2D eigenvalue weighted by atomic mass is 127. The second-order valence-electron chi connectivity index (χ2n) is 9.09. The number of ether oxygens (including phenoxy) is 3. The Morgan fingerprint density at radius 2 is 1.79 bits per heavy atom. The third kappa shape index (κ3) is 4.06. The molecule has 1 unspecified atom stereocenters. The van der Waals surface area contributed by atoms with Crippen molar-refractivity contribution in [2.24, 2.45) is 4.99 Å². The van der Waals surface area contributed by atoms with Crippen molar-refractivity contribution in [1.82, 2.24) is 4.57 Å². The molecule has 1 aliphatic heterocycles. The Balaban J connectivity index is 1.63. The lowest BCUT2D eigenvalue weighted by atomic mass is 9.83. The van der Waals surface area contributed by atoms with Crippen molar-refractivity contribution >= 4 is 45.7 Å². The first kappa shape index (κ1) is 24.9. The van der Waals surface area contributed by atoms with Gasteiger partial charge in [0.05, 0.1) is 41.2 Å². The molecule has 0 amide bonds. The van der Waals surface area contributed by atoms with Crippen molar-refractivity contribution in [2.45, 2.75) is 18.9 Å². The minimum Gasteiger partial charge on any atom is -0.496 e. The summed E-state index contributed by atoms with van der Waals surface area (Å²) in [5.41, 5.74) is 6.23. The van der Waals surface area contributed by atoms with E-state index in [9.17, 15) is 4.79 Å². The van der Waals surface area contributed by atoms with E-state index in [1.807, 2.05) is 53.1 Å². The first-order valence-corrected chi connectivity index (χ1v) is 14.1. The lowest BCUT2D eigenvalue weighted by Gasteiger charge is -2.31. The highest BCUT2D eigenvalue weighted by molar-refractivity contribution is 14.1. The summed E-state index contributed by atoms with van der Waals surface area (Å²) in [6.07, 6.45) is 3.63. The Morgan fingerprint density at radius 1 is 0.974 bits per heavy atom. The molecule has 8 heteroatoms. The minimum absolute atomic E-state index is 0.0696. The molecule has 0 saturated heterocycles. The fourth-order valence-electron chi connectivity index (χ4n) is 5.35. The normalized spacial score (nSPS) is 16.3. The molecule has 192 valence electrons. The van der Waals surface area contributed by atoms with Gasteiger partial charge in [-0.15, -0.1) is 0 Å². The van der Waals surface area contributed by atoms with E-state index in [1.54, 1.807) is 21.3 Å². The molecule has 38 heavy (non-hydrogen) atoms. The molecule has 1 aliphatic carbocycles. The molecule has 2 heterocycles. The summed E-state index contributed by atoms with van der Waals surface area (Å²) in [6.45, 7) is 0. The quantitative estimate of drug-likeness (QED) is 0.291. The number of nitrogens with zero attached hydrogens (tertiary/aromatic N) is 2. The molecule has 0 bridgehead atoms. The highest BCUT2D eigenvalue weighted by Crippen LogP contribution is 2.45. The molecular weight excluding hydrogens is 611 g/mol. The van der Waals surface area contributed by atoms with Crippen LogP contribution in [0, 0.1) is 3.57 Å². The van der Waals surface area contributed by atoms with E-state index in [0.717, 1.165) is 50.1 Å². The zero-order chi connectivity index (χ0) is 26.4. The lowest BCUT2D eigenvalue weighted by Crippen LogP contribution is -2.39. The maximum Gasteiger partial charge on any atom is 0.271 e. The molecular formula is C30H25IN2O4S. The summed E-state index contributed by atoms with van der Waals surface area (Å²) in [7, 11) is 4.93. The third-order valence-electron chi connectivity index (χ3n) is 7.07. The van der Waals surface area contributed by atoms with Crippen molar-refractivity contribution in [3.05, 3.63) is 112 Å². The van der Waals surface area contributed by atoms with Gasteiger partial charge in [-0.2, -0.15) is 0 Å². The Kier molecular flexibility index (Phi) is 6.61. The van der Waals surface area contributed by atoms with E-state index in [0.29, 0.717) is 20.8 Å². The Morgan fingerprint density at radius 3 is 2.55 bits per heavy atom. The van der Waals surface area contributed by atoms with Crippen molar-refractivity contribution < 1.29 is 14.2 Å². The number of benzene rings is 3. The summed E-state index contributed by atoms with van der Waals surface area (Å²) in [4.78, 5) is 19.8. The average Bonchev–Trinajstić information content (AvgIpc) is 3.25. The Bertz CT molecular complexity index is 1790. The summed E-state index contributed by atoms with van der Waals surface area (Å²) in [5.74, 6) is 2.07. The Hall–Kier alpha value is -3.37. The topological polar surface area (TPSA) is 62.0 Å². The van der Waals surface area contributed by atoms with Gasteiger partial charge >= 0.3 is 0 Å². The van der Waals surface area contributed by atoms with E-state index < -0.39 is 0 Å². The van der Waals surface area contributed by atoms with Gasteiger partial charge in [0.15, 0.2) is 16.3 Å². The number of para-hydroxylation sites is 1. The van der Waals surface area contributed by atoms with Gasteiger partial charge in [-0.25, -0.2) is 4.99 Å². The number of allylic oxidation sites excluding steroid dienone is 1. The standard InChI is InChI=1S/C30H25IN2O4S/c1-35-23-14-11-17(15-22(23)31)16-25-29(34)33-27(21-9-6-10-24(36-2)28(21)37-3)20-13-12-18-7-4-5-8-19(18)26(20)32-30(33)38-25/h4-11,14-16,27H,12-13H2,1-3H3.